The van der Waals surface area contributed by atoms with Crippen molar-refractivity contribution in [1.29, 1.82) is 0 Å². The average molecular weight is 509 g/mol. The molecule has 10 heteroatoms. The van der Waals surface area contributed by atoms with Gasteiger partial charge in [0.1, 0.15) is 11.4 Å². The molecule has 1 saturated carbocycles. The Morgan fingerprint density at radius 2 is 1.83 bits per heavy atom. The standard InChI is InChI=1S/C24H30N2O3.C2HF3O2/c27-23(25-20-4-3-5-20)14-19-15-24(29-22-7-2-1-6-21(19)22)9-11-26(12-10-24)16-18-8-13-28-17-18;3-2(4,5)1(6)7/h1-2,6-8,13,17,19-20H,3-5,9-12,14-16H2,(H,25,27);(H,6,7). The van der Waals surface area contributed by atoms with Gasteiger partial charge in [0.25, 0.3) is 0 Å². The van der Waals surface area contributed by atoms with Crippen molar-refractivity contribution in [2.24, 2.45) is 0 Å². The lowest BCUT2D eigenvalue weighted by atomic mass is 9.76. The van der Waals surface area contributed by atoms with Gasteiger partial charge in [-0.2, -0.15) is 13.2 Å². The van der Waals surface area contributed by atoms with E-state index in [2.05, 4.69) is 28.4 Å². The summed E-state index contributed by atoms with van der Waals surface area (Å²) in [5, 5.41) is 10.3. The number of amides is 1. The van der Waals surface area contributed by atoms with Crippen molar-refractivity contribution < 1.29 is 37.0 Å². The van der Waals surface area contributed by atoms with Crippen molar-refractivity contribution in [1.82, 2.24) is 10.2 Å². The van der Waals surface area contributed by atoms with E-state index in [4.69, 9.17) is 19.1 Å². The Morgan fingerprint density at radius 3 is 2.42 bits per heavy atom. The van der Waals surface area contributed by atoms with Crippen LogP contribution in [0.1, 0.15) is 62.0 Å². The molecule has 1 aliphatic carbocycles. The number of piperidine rings is 1. The molecule has 1 aromatic carbocycles. The summed E-state index contributed by atoms with van der Waals surface area (Å²) in [6.45, 7) is 2.94. The number of carbonyl (C=O) groups excluding carboxylic acids is 1. The van der Waals surface area contributed by atoms with Gasteiger partial charge in [-0.1, -0.05) is 18.2 Å². The van der Waals surface area contributed by atoms with Crippen molar-refractivity contribution in [3.05, 3.63) is 54.0 Å². The quantitative estimate of drug-likeness (QED) is 0.599. The SMILES string of the molecule is O=C(CC1CC2(CCN(Cc3ccoc3)CC2)Oc2ccccc21)NC1CCC1.O=C(O)C(F)(F)F. The van der Waals surface area contributed by atoms with E-state index in [9.17, 15) is 18.0 Å². The smallest absolute Gasteiger partial charge is 0.487 e. The lowest BCUT2D eigenvalue weighted by Gasteiger charge is -2.47. The van der Waals surface area contributed by atoms with Crippen molar-refractivity contribution >= 4 is 11.9 Å². The molecule has 1 aromatic heterocycles. The molecular weight excluding hydrogens is 477 g/mol. The summed E-state index contributed by atoms with van der Waals surface area (Å²) in [6.07, 6.45) is 5.48. The number of carbonyl (C=O) groups is 2. The number of carboxylic acids is 1. The Kier molecular flexibility index (Phi) is 7.92. The highest BCUT2D eigenvalue weighted by Gasteiger charge is 2.43. The molecule has 1 spiro atoms. The number of rotatable bonds is 5. The van der Waals surface area contributed by atoms with Gasteiger partial charge in [-0.15, -0.1) is 0 Å². The number of alkyl halides is 3. The van der Waals surface area contributed by atoms with Crippen LogP contribution in [-0.4, -0.2) is 52.8 Å². The number of furan rings is 1. The molecule has 5 rings (SSSR count). The van der Waals surface area contributed by atoms with Crippen LogP contribution in [0, 0.1) is 0 Å². The monoisotopic (exact) mass is 508 g/mol. The van der Waals surface area contributed by atoms with Crippen LogP contribution in [0.5, 0.6) is 5.75 Å². The number of hydrogen-bond donors (Lipinski definition) is 2. The topological polar surface area (TPSA) is 92.0 Å². The van der Waals surface area contributed by atoms with E-state index in [0.29, 0.717) is 12.5 Å². The van der Waals surface area contributed by atoms with Gasteiger partial charge in [0.05, 0.1) is 12.5 Å². The maximum atomic E-state index is 12.7. The summed E-state index contributed by atoms with van der Waals surface area (Å²) < 4.78 is 43.5. The summed E-state index contributed by atoms with van der Waals surface area (Å²) in [5.74, 6) is -1.35. The number of likely N-dealkylation sites (tertiary alicyclic amines) is 1. The second-order valence-electron chi connectivity index (χ2n) is 9.83. The Hall–Kier alpha value is -3.01. The van der Waals surface area contributed by atoms with Crippen LogP contribution in [0.15, 0.2) is 47.3 Å². The number of carboxylic acid groups (broad SMARTS) is 1. The highest BCUT2D eigenvalue weighted by molar-refractivity contribution is 5.77. The second-order valence-corrected chi connectivity index (χ2v) is 9.83. The fraction of sp³-hybridized carbons (Fsp3) is 0.538. The molecule has 36 heavy (non-hydrogen) atoms. The Bertz CT molecular complexity index is 1030. The normalized spacial score (nSPS) is 21.4. The minimum Gasteiger partial charge on any atom is -0.487 e. The van der Waals surface area contributed by atoms with Crippen LogP contribution < -0.4 is 10.1 Å². The third kappa shape index (κ3) is 6.60. The van der Waals surface area contributed by atoms with Gasteiger partial charge in [-0.05, 0) is 56.2 Å². The predicted molar refractivity (Wildman–Crippen MR) is 124 cm³/mol. The number of para-hydroxylation sites is 1. The Morgan fingerprint density at radius 1 is 1.14 bits per heavy atom. The van der Waals surface area contributed by atoms with E-state index in [-0.39, 0.29) is 17.4 Å². The zero-order valence-electron chi connectivity index (χ0n) is 19.9. The van der Waals surface area contributed by atoms with E-state index in [1.807, 2.05) is 18.4 Å². The van der Waals surface area contributed by atoms with Gasteiger partial charge >= 0.3 is 12.1 Å². The van der Waals surface area contributed by atoms with Gasteiger partial charge in [0.15, 0.2) is 0 Å². The summed E-state index contributed by atoms with van der Waals surface area (Å²) in [5.41, 5.74) is 2.27. The Balaban J connectivity index is 0.000000384. The average Bonchev–Trinajstić information content (AvgIpc) is 3.31. The first-order valence-electron chi connectivity index (χ1n) is 12.2. The molecule has 0 bridgehead atoms. The second kappa shape index (κ2) is 10.9. The number of hydrogen-bond acceptors (Lipinski definition) is 5. The molecule has 0 radical (unpaired) electrons. The maximum Gasteiger partial charge on any atom is 0.490 e. The number of aliphatic carboxylic acids is 1. The molecule has 3 aliphatic rings. The fourth-order valence-electron chi connectivity index (χ4n) is 5.06. The Labute approximate surface area is 207 Å². The van der Waals surface area contributed by atoms with Gasteiger partial charge < -0.3 is 19.6 Å². The van der Waals surface area contributed by atoms with Crippen molar-refractivity contribution in [3.8, 4) is 5.75 Å². The molecular formula is C26H31F3N2O5. The number of ether oxygens (including phenoxy) is 1. The molecule has 1 amide bonds. The van der Waals surface area contributed by atoms with E-state index < -0.39 is 12.1 Å². The van der Waals surface area contributed by atoms with Gasteiger partial charge in [-0.3, -0.25) is 9.69 Å². The summed E-state index contributed by atoms with van der Waals surface area (Å²) in [6, 6.07) is 10.7. The zero-order chi connectivity index (χ0) is 25.8. The highest BCUT2D eigenvalue weighted by atomic mass is 19.4. The first kappa shape index (κ1) is 26.1. The van der Waals surface area contributed by atoms with E-state index >= 15 is 0 Å². The summed E-state index contributed by atoms with van der Waals surface area (Å²) in [4.78, 5) is 24.0. The van der Waals surface area contributed by atoms with Crippen LogP contribution in [0.2, 0.25) is 0 Å². The molecule has 196 valence electrons. The van der Waals surface area contributed by atoms with Crippen LogP contribution in [0.25, 0.3) is 0 Å². The fourth-order valence-corrected chi connectivity index (χ4v) is 5.06. The molecule has 2 fully saturated rings. The van der Waals surface area contributed by atoms with Crippen LogP contribution >= 0.6 is 0 Å². The molecule has 3 heterocycles. The van der Waals surface area contributed by atoms with Gasteiger partial charge in [0, 0.05) is 43.6 Å². The third-order valence-corrected chi connectivity index (χ3v) is 7.20. The zero-order valence-corrected chi connectivity index (χ0v) is 19.9. The molecule has 1 atom stereocenters. The van der Waals surface area contributed by atoms with E-state index in [1.165, 1.54) is 17.5 Å². The number of nitrogens with one attached hydrogen (secondary N) is 1. The predicted octanol–water partition coefficient (Wildman–Crippen LogP) is 4.87. The highest BCUT2D eigenvalue weighted by Crippen LogP contribution is 2.46. The van der Waals surface area contributed by atoms with E-state index in [1.54, 1.807) is 6.26 Å². The van der Waals surface area contributed by atoms with Crippen LogP contribution in [0.3, 0.4) is 0 Å². The lowest BCUT2D eigenvalue weighted by Crippen LogP contribution is -2.50. The minimum atomic E-state index is -5.08. The maximum absolute atomic E-state index is 12.7. The number of fused-ring (bicyclic) bond motifs is 1. The number of benzene rings is 1. The lowest BCUT2D eigenvalue weighted by molar-refractivity contribution is -0.192. The van der Waals surface area contributed by atoms with Crippen molar-refractivity contribution in [2.45, 2.75) is 75.2 Å². The summed E-state index contributed by atoms with van der Waals surface area (Å²) >= 11 is 0. The third-order valence-electron chi connectivity index (χ3n) is 7.20. The molecule has 1 unspecified atom stereocenters. The molecule has 2 N–H and O–H groups in total. The largest absolute Gasteiger partial charge is 0.490 e. The number of halogens is 3. The van der Waals surface area contributed by atoms with Crippen molar-refractivity contribution in [3.63, 3.8) is 0 Å². The first-order valence-corrected chi connectivity index (χ1v) is 12.2. The first-order chi connectivity index (χ1) is 17.1. The van der Waals surface area contributed by atoms with Crippen LogP contribution in [0.4, 0.5) is 13.2 Å². The van der Waals surface area contributed by atoms with E-state index in [0.717, 1.165) is 57.5 Å². The van der Waals surface area contributed by atoms with Gasteiger partial charge in [0.2, 0.25) is 5.91 Å². The summed E-state index contributed by atoms with van der Waals surface area (Å²) in [7, 11) is 0. The number of nitrogens with zero attached hydrogens (tertiary/aromatic N) is 1. The molecule has 1 saturated heterocycles. The molecule has 2 aromatic rings. The van der Waals surface area contributed by atoms with Crippen molar-refractivity contribution in [2.75, 3.05) is 13.1 Å². The minimum absolute atomic E-state index is 0.150. The molecule has 7 nitrogen and oxygen atoms in total. The van der Waals surface area contributed by atoms with Gasteiger partial charge in [-0.25, -0.2) is 4.79 Å². The molecule has 2 aliphatic heterocycles. The van der Waals surface area contributed by atoms with Crippen LogP contribution in [-0.2, 0) is 16.1 Å².